The van der Waals surface area contributed by atoms with Crippen molar-refractivity contribution in [3.8, 4) is 17.2 Å². The Bertz CT molecular complexity index is 589. The Morgan fingerprint density at radius 1 is 1.23 bits per heavy atom. The van der Waals surface area contributed by atoms with Crippen molar-refractivity contribution >= 4 is 18.3 Å². The number of halogens is 1. The number of methoxy groups -OCH3 is 3. The van der Waals surface area contributed by atoms with Crippen molar-refractivity contribution in [3.63, 3.8) is 0 Å². The average Bonchev–Trinajstić information content (AvgIpc) is 3.00. The van der Waals surface area contributed by atoms with Crippen molar-refractivity contribution in [2.24, 2.45) is 11.1 Å². The van der Waals surface area contributed by atoms with E-state index < -0.39 is 0 Å². The predicted octanol–water partition coefficient (Wildman–Crippen LogP) is 1.42. The topological polar surface area (TPSA) is 86.1 Å². The summed E-state index contributed by atoms with van der Waals surface area (Å²) in [6.45, 7) is 5.38. The number of hydrogen-bond donors (Lipinski definition) is 2. The zero-order valence-electron chi connectivity index (χ0n) is 16.0. The quantitative estimate of drug-likeness (QED) is 0.701. The second-order valence-electron chi connectivity index (χ2n) is 6.79. The second kappa shape index (κ2) is 9.85. The van der Waals surface area contributed by atoms with Gasteiger partial charge in [0.05, 0.1) is 27.9 Å². The minimum absolute atomic E-state index is 0. The third-order valence-electron chi connectivity index (χ3n) is 4.71. The van der Waals surface area contributed by atoms with Crippen LogP contribution in [-0.4, -0.2) is 58.3 Å². The molecule has 0 aromatic heterocycles. The molecule has 148 valence electrons. The highest BCUT2D eigenvalue weighted by Crippen LogP contribution is 2.38. The van der Waals surface area contributed by atoms with Crippen molar-refractivity contribution in [1.29, 1.82) is 0 Å². The SMILES string of the molecule is COc1cc(CNC(=O)CN2CCC(C)(CN)C2)cc(OC)c1OC.Cl. The maximum Gasteiger partial charge on any atom is 0.234 e. The van der Waals surface area contributed by atoms with Crippen LogP contribution in [0.25, 0.3) is 0 Å². The lowest BCUT2D eigenvalue weighted by Gasteiger charge is -2.22. The molecule has 0 bridgehead atoms. The summed E-state index contributed by atoms with van der Waals surface area (Å²) in [6, 6.07) is 3.67. The number of carbonyl (C=O) groups excluding carboxylic acids is 1. The number of rotatable bonds is 8. The van der Waals surface area contributed by atoms with Gasteiger partial charge in [-0.1, -0.05) is 6.92 Å². The molecular formula is C18H30ClN3O4. The fourth-order valence-corrected chi connectivity index (χ4v) is 3.12. The average molecular weight is 388 g/mol. The first-order valence-corrected chi connectivity index (χ1v) is 8.42. The van der Waals surface area contributed by atoms with Gasteiger partial charge in [0.2, 0.25) is 11.7 Å². The Morgan fingerprint density at radius 2 is 1.85 bits per heavy atom. The Hall–Kier alpha value is -1.70. The number of hydrogen-bond acceptors (Lipinski definition) is 6. The molecule has 0 saturated carbocycles. The molecule has 3 N–H and O–H groups in total. The van der Waals surface area contributed by atoms with Gasteiger partial charge in [-0.15, -0.1) is 12.4 Å². The summed E-state index contributed by atoms with van der Waals surface area (Å²) in [5.74, 6) is 1.68. The lowest BCUT2D eigenvalue weighted by molar-refractivity contribution is -0.122. The van der Waals surface area contributed by atoms with Crippen LogP contribution < -0.4 is 25.3 Å². The highest BCUT2D eigenvalue weighted by atomic mass is 35.5. The van der Waals surface area contributed by atoms with E-state index in [0.717, 1.165) is 25.1 Å². The fraction of sp³-hybridized carbons (Fsp3) is 0.611. The highest BCUT2D eigenvalue weighted by molar-refractivity contribution is 5.85. The highest BCUT2D eigenvalue weighted by Gasteiger charge is 2.33. The van der Waals surface area contributed by atoms with E-state index in [2.05, 4.69) is 17.1 Å². The summed E-state index contributed by atoms with van der Waals surface area (Å²) in [4.78, 5) is 14.4. The van der Waals surface area contributed by atoms with E-state index in [9.17, 15) is 4.79 Å². The molecule has 1 amide bonds. The molecular weight excluding hydrogens is 358 g/mol. The minimum Gasteiger partial charge on any atom is -0.493 e. The van der Waals surface area contributed by atoms with Gasteiger partial charge in [0.1, 0.15) is 0 Å². The van der Waals surface area contributed by atoms with Gasteiger partial charge in [-0.25, -0.2) is 0 Å². The third kappa shape index (κ3) is 5.40. The van der Waals surface area contributed by atoms with E-state index in [0.29, 0.717) is 36.9 Å². The number of nitrogens with one attached hydrogen (secondary N) is 1. The van der Waals surface area contributed by atoms with Crippen molar-refractivity contribution in [3.05, 3.63) is 17.7 Å². The Balaban J connectivity index is 0.00000338. The number of likely N-dealkylation sites (tertiary alicyclic amines) is 1. The first-order chi connectivity index (χ1) is 11.9. The summed E-state index contributed by atoms with van der Waals surface area (Å²) < 4.78 is 16.0. The van der Waals surface area contributed by atoms with Crippen LogP contribution >= 0.6 is 12.4 Å². The molecule has 0 radical (unpaired) electrons. The van der Waals surface area contributed by atoms with Gasteiger partial charge in [-0.05, 0) is 42.6 Å². The molecule has 1 aromatic carbocycles. The smallest absolute Gasteiger partial charge is 0.234 e. The van der Waals surface area contributed by atoms with Gasteiger partial charge in [0, 0.05) is 13.1 Å². The summed E-state index contributed by atoms with van der Waals surface area (Å²) >= 11 is 0. The molecule has 7 nitrogen and oxygen atoms in total. The van der Waals surface area contributed by atoms with E-state index in [1.807, 2.05) is 12.1 Å². The zero-order valence-corrected chi connectivity index (χ0v) is 16.8. The standard InChI is InChI=1S/C18H29N3O4.ClH/c1-18(11-19)5-6-21(12-18)10-16(22)20-9-13-7-14(23-2)17(25-4)15(8-13)24-3;/h7-8H,5-6,9-12,19H2,1-4H3,(H,20,22);1H. The summed E-state index contributed by atoms with van der Waals surface area (Å²) in [7, 11) is 4.70. The summed E-state index contributed by atoms with van der Waals surface area (Å²) in [5, 5.41) is 2.95. The normalized spacial score (nSPS) is 19.6. The first-order valence-electron chi connectivity index (χ1n) is 8.42. The fourth-order valence-electron chi connectivity index (χ4n) is 3.12. The molecule has 1 aromatic rings. The number of amides is 1. The molecule has 8 heteroatoms. The summed E-state index contributed by atoms with van der Waals surface area (Å²) in [6.07, 6.45) is 1.03. The number of nitrogens with two attached hydrogens (primary N) is 1. The maximum atomic E-state index is 12.2. The largest absolute Gasteiger partial charge is 0.493 e. The Labute approximate surface area is 161 Å². The van der Waals surface area contributed by atoms with Gasteiger partial charge in [0.15, 0.2) is 11.5 Å². The van der Waals surface area contributed by atoms with Crippen LogP contribution in [-0.2, 0) is 11.3 Å². The monoisotopic (exact) mass is 387 g/mol. The zero-order chi connectivity index (χ0) is 18.4. The number of benzene rings is 1. The maximum absolute atomic E-state index is 12.2. The number of nitrogens with zero attached hydrogens (tertiary/aromatic N) is 1. The van der Waals surface area contributed by atoms with E-state index in [1.54, 1.807) is 21.3 Å². The van der Waals surface area contributed by atoms with Crippen LogP contribution in [0.15, 0.2) is 12.1 Å². The lowest BCUT2D eigenvalue weighted by Crippen LogP contribution is -2.38. The Kier molecular flexibility index (Phi) is 8.46. The van der Waals surface area contributed by atoms with Crippen LogP contribution in [0.3, 0.4) is 0 Å². The number of ether oxygens (including phenoxy) is 3. The molecule has 1 aliphatic heterocycles. The second-order valence-corrected chi connectivity index (χ2v) is 6.79. The van der Waals surface area contributed by atoms with Crippen molar-refractivity contribution in [1.82, 2.24) is 10.2 Å². The van der Waals surface area contributed by atoms with Crippen LogP contribution in [0.2, 0.25) is 0 Å². The van der Waals surface area contributed by atoms with Crippen LogP contribution in [0.4, 0.5) is 0 Å². The van der Waals surface area contributed by atoms with Gasteiger partial charge in [0.25, 0.3) is 0 Å². The Morgan fingerprint density at radius 3 is 2.31 bits per heavy atom. The van der Waals surface area contributed by atoms with Crippen molar-refractivity contribution in [2.75, 3.05) is 47.5 Å². The van der Waals surface area contributed by atoms with Crippen molar-refractivity contribution < 1.29 is 19.0 Å². The van der Waals surface area contributed by atoms with Gasteiger partial charge in [-0.2, -0.15) is 0 Å². The minimum atomic E-state index is -0.00461. The molecule has 1 unspecified atom stereocenters. The van der Waals surface area contributed by atoms with E-state index in [4.69, 9.17) is 19.9 Å². The van der Waals surface area contributed by atoms with E-state index in [-0.39, 0.29) is 23.7 Å². The number of carbonyl (C=O) groups is 1. The molecule has 1 fully saturated rings. The van der Waals surface area contributed by atoms with Gasteiger partial charge >= 0.3 is 0 Å². The van der Waals surface area contributed by atoms with Crippen LogP contribution in [0.1, 0.15) is 18.9 Å². The van der Waals surface area contributed by atoms with E-state index in [1.165, 1.54) is 0 Å². The molecule has 1 atom stereocenters. The van der Waals surface area contributed by atoms with Crippen LogP contribution in [0.5, 0.6) is 17.2 Å². The van der Waals surface area contributed by atoms with Crippen LogP contribution in [0, 0.1) is 5.41 Å². The molecule has 1 heterocycles. The van der Waals surface area contributed by atoms with Gasteiger partial charge in [-0.3, -0.25) is 9.69 Å². The summed E-state index contributed by atoms with van der Waals surface area (Å²) in [5.41, 5.74) is 6.82. The van der Waals surface area contributed by atoms with Crippen molar-refractivity contribution in [2.45, 2.75) is 19.9 Å². The van der Waals surface area contributed by atoms with Gasteiger partial charge < -0.3 is 25.3 Å². The lowest BCUT2D eigenvalue weighted by atomic mass is 9.90. The molecule has 26 heavy (non-hydrogen) atoms. The molecule has 0 spiro atoms. The molecule has 1 aliphatic rings. The third-order valence-corrected chi connectivity index (χ3v) is 4.71. The molecule has 0 aliphatic carbocycles. The molecule has 1 saturated heterocycles. The van der Waals surface area contributed by atoms with E-state index >= 15 is 0 Å². The first kappa shape index (κ1) is 22.3. The predicted molar refractivity (Wildman–Crippen MR) is 103 cm³/mol. The molecule has 2 rings (SSSR count).